The van der Waals surface area contributed by atoms with Gasteiger partial charge in [-0.1, -0.05) is 18.2 Å². The second-order valence-electron chi connectivity index (χ2n) is 5.11. The predicted octanol–water partition coefficient (Wildman–Crippen LogP) is 1.45. The molecule has 0 radical (unpaired) electrons. The number of ether oxygens (including phenoxy) is 1. The Morgan fingerprint density at radius 2 is 1.96 bits per heavy atom. The zero-order valence-electron chi connectivity index (χ0n) is 12.8. The first-order valence-corrected chi connectivity index (χ1v) is 6.98. The van der Waals surface area contributed by atoms with Crippen LogP contribution in [0.3, 0.4) is 0 Å². The molecule has 1 amide bonds. The van der Waals surface area contributed by atoms with Gasteiger partial charge in [-0.3, -0.25) is 14.4 Å². The molecule has 0 spiro atoms. The van der Waals surface area contributed by atoms with Crippen molar-refractivity contribution in [2.24, 2.45) is 0 Å². The predicted molar refractivity (Wildman–Crippen MR) is 80.0 cm³/mol. The minimum Gasteiger partial charge on any atom is -0.503 e. The number of ketones is 1. The standard InChI is InChI=1S/C16H17NO6/c1-9(18)13-14(10-5-3-4-6-11(10)23-2)17(8-7-12(19)20)16(22)15(13)21/h3-6,14,21H,7-8H2,1-2H3,(H,19,20). The summed E-state index contributed by atoms with van der Waals surface area (Å²) < 4.78 is 5.26. The van der Waals surface area contributed by atoms with E-state index >= 15 is 0 Å². The number of hydrogen-bond donors (Lipinski definition) is 2. The summed E-state index contributed by atoms with van der Waals surface area (Å²) in [6.45, 7) is 1.12. The Balaban J connectivity index is 2.53. The number of rotatable bonds is 6. The number of benzene rings is 1. The van der Waals surface area contributed by atoms with Crippen molar-refractivity contribution in [2.75, 3.05) is 13.7 Å². The average molecular weight is 319 g/mol. The van der Waals surface area contributed by atoms with Crippen molar-refractivity contribution in [2.45, 2.75) is 19.4 Å². The van der Waals surface area contributed by atoms with Crippen molar-refractivity contribution >= 4 is 17.7 Å². The number of carbonyl (C=O) groups is 3. The molecular weight excluding hydrogens is 302 g/mol. The number of methoxy groups -OCH3 is 1. The van der Waals surface area contributed by atoms with Crippen LogP contribution in [0, 0.1) is 0 Å². The number of hydrogen-bond acceptors (Lipinski definition) is 5. The fourth-order valence-electron chi connectivity index (χ4n) is 2.68. The third-order valence-electron chi connectivity index (χ3n) is 3.68. The maximum absolute atomic E-state index is 12.2. The van der Waals surface area contributed by atoms with Gasteiger partial charge >= 0.3 is 5.97 Å². The summed E-state index contributed by atoms with van der Waals surface area (Å²) in [6, 6.07) is 5.92. The summed E-state index contributed by atoms with van der Waals surface area (Å²) in [6.07, 6.45) is -0.296. The molecule has 7 heteroatoms. The highest BCUT2D eigenvalue weighted by Gasteiger charge is 2.43. The molecule has 1 aromatic rings. The lowest BCUT2D eigenvalue weighted by atomic mass is 9.96. The van der Waals surface area contributed by atoms with Gasteiger partial charge in [0.1, 0.15) is 5.75 Å². The van der Waals surface area contributed by atoms with Crippen molar-refractivity contribution < 1.29 is 29.3 Å². The maximum Gasteiger partial charge on any atom is 0.305 e. The SMILES string of the molecule is COc1ccccc1C1C(C(C)=O)=C(O)C(=O)N1CCC(=O)O. The second-order valence-corrected chi connectivity index (χ2v) is 5.11. The lowest BCUT2D eigenvalue weighted by Gasteiger charge is -2.27. The number of nitrogens with zero attached hydrogens (tertiary/aromatic N) is 1. The van der Waals surface area contributed by atoms with Gasteiger partial charge in [0, 0.05) is 12.1 Å². The van der Waals surface area contributed by atoms with Crippen molar-refractivity contribution in [3.63, 3.8) is 0 Å². The molecule has 1 unspecified atom stereocenters. The number of carboxylic acid groups (broad SMARTS) is 1. The van der Waals surface area contributed by atoms with Gasteiger partial charge in [0.05, 0.1) is 25.1 Å². The van der Waals surface area contributed by atoms with E-state index in [1.807, 2.05) is 0 Å². The van der Waals surface area contributed by atoms with E-state index in [0.29, 0.717) is 11.3 Å². The fourth-order valence-corrected chi connectivity index (χ4v) is 2.68. The highest BCUT2D eigenvalue weighted by molar-refractivity contribution is 6.08. The van der Waals surface area contributed by atoms with E-state index in [-0.39, 0.29) is 18.5 Å². The number of aliphatic carboxylic acids is 1. The second kappa shape index (κ2) is 6.51. The number of para-hydroxylation sites is 1. The summed E-state index contributed by atoms with van der Waals surface area (Å²) in [7, 11) is 1.45. The first-order valence-electron chi connectivity index (χ1n) is 6.98. The minimum atomic E-state index is -1.08. The number of Topliss-reactive ketones (excluding diaryl/α,β-unsaturated/α-hetero) is 1. The van der Waals surface area contributed by atoms with Crippen molar-refractivity contribution in [1.82, 2.24) is 4.90 Å². The normalized spacial score (nSPS) is 17.6. The van der Waals surface area contributed by atoms with Crippen molar-refractivity contribution in [1.29, 1.82) is 0 Å². The number of aliphatic hydroxyl groups is 1. The van der Waals surface area contributed by atoms with Crippen LogP contribution in [0.2, 0.25) is 0 Å². The van der Waals surface area contributed by atoms with Gasteiger partial charge in [-0.25, -0.2) is 0 Å². The van der Waals surface area contributed by atoms with Crippen LogP contribution in [0.25, 0.3) is 0 Å². The summed E-state index contributed by atoms with van der Waals surface area (Å²) in [5, 5.41) is 18.9. The van der Waals surface area contributed by atoms with E-state index < -0.39 is 29.5 Å². The zero-order chi connectivity index (χ0) is 17.1. The minimum absolute atomic E-state index is 0.0510. The van der Waals surface area contributed by atoms with Crippen LogP contribution in [-0.2, 0) is 14.4 Å². The van der Waals surface area contributed by atoms with E-state index in [1.165, 1.54) is 18.9 Å². The number of aliphatic hydroxyl groups excluding tert-OH is 1. The van der Waals surface area contributed by atoms with E-state index in [9.17, 15) is 19.5 Å². The number of amides is 1. The Bertz CT molecular complexity index is 694. The molecule has 0 aromatic heterocycles. The topological polar surface area (TPSA) is 104 Å². The molecule has 0 saturated heterocycles. The van der Waals surface area contributed by atoms with Crippen LogP contribution in [0.15, 0.2) is 35.6 Å². The highest BCUT2D eigenvalue weighted by Crippen LogP contribution is 2.41. The average Bonchev–Trinajstić information content (AvgIpc) is 2.76. The largest absolute Gasteiger partial charge is 0.503 e. The molecule has 0 aliphatic carbocycles. The first kappa shape index (κ1) is 16.5. The van der Waals surface area contributed by atoms with Crippen LogP contribution in [0.5, 0.6) is 5.75 Å². The van der Waals surface area contributed by atoms with Gasteiger partial charge in [0.25, 0.3) is 5.91 Å². The molecule has 122 valence electrons. The molecule has 1 heterocycles. The van der Waals surface area contributed by atoms with Crippen molar-refractivity contribution in [3.8, 4) is 5.75 Å². The monoisotopic (exact) mass is 319 g/mol. The van der Waals surface area contributed by atoms with Crippen LogP contribution in [0.1, 0.15) is 24.9 Å². The van der Waals surface area contributed by atoms with E-state index in [2.05, 4.69) is 0 Å². The van der Waals surface area contributed by atoms with Gasteiger partial charge < -0.3 is 19.8 Å². The molecule has 1 aliphatic heterocycles. The Kier molecular flexibility index (Phi) is 4.68. The van der Waals surface area contributed by atoms with Crippen LogP contribution in [-0.4, -0.2) is 46.4 Å². The Morgan fingerprint density at radius 3 is 2.52 bits per heavy atom. The maximum atomic E-state index is 12.2. The molecule has 1 aliphatic rings. The zero-order valence-corrected chi connectivity index (χ0v) is 12.8. The number of carbonyl (C=O) groups excluding carboxylic acids is 2. The van der Waals surface area contributed by atoms with Crippen LogP contribution in [0.4, 0.5) is 0 Å². The van der Waals surface area contributed by atoms with Crippen LogP contribution < -0.4 is 4.74 Å². The molecule has 2 N–H and O–H groups in total. The summed E-state index contributed by atoms with van der Waals surface area (Å²) in [5.74, 6) is -2.48. The van der Waals surface area contributed by atoms with E-state index in [4.69, 9.17) is 9.84 Å². The molecule has 1 aromatic carbocycles. The summed E-state index contributed by atoms with van der Waals surface area (Å²) in [4.78, 5) is 36.2. The molecule has 0 saturated carbocycles. The number of carboxylic acids is 1. The quantitative estimate of drug-likeness (QED) is 0.822. The van der Waals surface area contributed by atoms with Crippen molar-refractivity contribution in [3.05, 3.63) is 41.2 Å². The van der Waals surface area contributed by atoms with Gasteiger partial charge in [0.15, 0.2) is 11.5 Å². The molecular formula is C16H17NO6. The van der Waals surface area contributed by atoms with Crippen LogP contribution >= 0.6 is 0 Å². The molecule has 2 rings (SSSR count). The smallest absolute Gasteiger partial charge is 0.305 e. The molecule has 0 bridgehead atoms. The lowest BCUT2D eigenvalue weighted by molar-refractivity contribution is -0.138. The lowest BCUT2D eigenvalue weighted by Crippen LogP contribution is -2.33. The third kappa shape index (κ3) is 3.03. The van der Waals surface area contributed by atoms with Gasteiger partial charge in [-0.2, -0.15) is 0 Å². The Morgan fingerprint density at radius 1 is 1.30 bits per heavy atom. The first-order chi connectivity index (χ1) is 10.9. The third-order valence-corrected chi connectivity index (χ3v) is 3.68. The highest BCUT2D eigenvalue weighted by atomic mass is 16.5. The molecule has 23 heavy (non-hydrogen) atoms. The Hall–Kier alpha value is -2.83. The fraction of sp³-hybridized carbons (Fsp3) is 0.312. The molecule has 7 nitrogen and oxygen atoms in total. The van der Waals surface area contributed by atoms with Gasteiger partial charge in [-0.05, 0) is 13.0 Å². The summed E-state index contributed by atoms with van der Waals surface area (Å²) >= 11 is 0. The van der Waals surface area contributed by atoms with E-state index in [0.717, 1.165) is 0 Å². The molecule has 1 atom stereocenters. The molecule has 0 fully saturated rings. The Labute approximate surface area is 132 Å². The summed E-state index contributed by atoms with van der Waals surface area (Å²) in [5.41, 5.74) is 0.466. The van der Waals surface area contributed by atoms with Gasteiger partial charge in [-0.15, -0.1) is 0 Å². The van der Waals surface area contributed by atoms with E-state index in [1.54, 1.807) is 24.3 Å². The van der Waals surface area contributed by atoms with Gasteiger partial charge in [0.2, 0.25) is 0 Å².